The van der Waals surface area contributed by atoms with Crippen molar-refractivity contribution in [1.82, 2.24) is 9.97 Å². The van der Waals surface area contributed by atoms with Crippen molar-refractivity contribution in [2.24, 2.45) is 0 Å². The summed E-state index contributed by atoms with van der Waals surface area (Å²) >= 11 is 1.49. The molecule has 0 N–H and O–H groups in total. The van der Waals surface area contributed by atoms with Gasteiger partial charge in [-0.05, 0) is 36.4 Å². The Morgan fingerprint density at radius 1 is 0.963 bits per heavy atom. The van der Waals surface area contributed by atoms with Gasteiger partial charge >= 0.3 is 0 Å². The van der Waals surface area contributed by atoms with E-state index in [1.807, 2.05) is 72.8 Å². The number of benzene rings is 2. The monoisotopic (exact) mass is 375 g/mol. The number of rotatable bonds is 6. The molecule has 27 heavy (non-hydrogen) atoms. The lowest BCUT2D eigenvalue weighted by Gasteiger charge is -2.19. The van der Waals surface area contributed by atoms with Gasteiger partial charge in [0.25, 0.3) is 5.91 Å². The molecule has 0 unspecified atom stereocenters. The Bertz CT molecular complexity index is 1000. The first-order valence-electron chi connectivity index (χ1n) is 8.53. The normalized spacial score (nSPS) is 10.7. The van der Waals surface area contributed by atoms with E-state index in [4.69, 9.17) is 4.74 Å². The Balaban J connectivity index is 1.59. The quantitative estimate of drug-likeness (QED) is 0.504. The summed E-state index contributed by atoms with van der Waals surface area (Å²) in [5.74, 6) is 0.497. The number of hydrogen-bond donors (Lipinski definition) is 0. The molecule has 0 spiro atoms. The summed E-state index contributed by atoms with van der Waals surface area (Å²) in [7, 11) is 0. The zero-order valence-electron chi connectivity index (χ0n) is 14.5. The van der Waals surface area contributed by atoms with Crippen LogP contribution < -0.4 is 9.64 Å². The number of carbonyl (C=O) groups is 1. The number of ether oxygens (including phenoxy) is 1. The van der Waals surface area contributed by atoms with Crippen LogP contribution in [0.25, 0.3) is 10.2 Å². The molecule has 0 aliphatic rings. The summed E-state index contributed by atoms with van der Waals surface area (Å²) in [5, 5.41) is 0.642. The van der Waals surface area contributed by atoms with Crippen LogP contribution in [0.1, 0.15) is 5.69 Å². The SMILES string of the molecule is O=C(COc1ccccc1)N(Cc1ccccn1)c1nc2ccccc2s1. The lowest BCUT2D eigenvalue weighted by molar-refractivity contribution is -0.120. The van der Waals surface area contributed by atoms with Crippen LogP contribution in [0, 0.1) is 0 Å². The molecule has 0 saturated carbocycles. The van der Waals surface area contributed by atoms with Gasteiger partial charge < -0.3 is 4.74 Å². The molecule has 0 aliphatic carbocycles. The van der Waals surface area contributed by atoms with Crippen LogP contribution in [0.5, 0.6) is 5.75 Å². The maximum absolute atomic E-state index is 12.9. The molecule has 2 heterocycles. The Hall–Kier alpha value is -3.25. The molecule has 1 amide bonds. The molecule has 134 valence electrons. The smallest absolute Gasteiger partial charge is 0.267 e. The van der Waals surface area contributed by atoms with Gasteiger partial charge in [0.2, 0.25) is 0 Å². The van der Waals surface area contributed by atoms with Crippen molar-refractivity contribution in [2.45, 2.75) is 6.54 Å². The lowest BCUT2D eigenvalue weighted by atomic mass is 10.3. The highest BCUT2D eigenvalue weighted by Crippen LogP contribution is 2.29. The van der Waals surface area contributed by atoms with E-state index in [-0.39, 0.29) is 12.5 Å². The zero-order chi connectivity index (χ0) is 18.5. The summed E-state index contributed by atoms with van der Waals surface area (Å²) in [6, 6.07) is 22.8. The Morgan fingerprint density at radius 3 is 2.52 bits per heavy atom. The first-order chi connectivity index (χ1) is 13.3. The Labute approximate surface area is 160 Å². The molecule has 0 aliphatic heterocycles. The first kappa shape index (κ1) is 17.2. The summed E-state index contributed by atoms with van der Waals surface area (Å²) in [4.78, 5) is 23.5. The fourth-order valence-electron chi connectivity index (χ4n) is 2.63. The number of anilines is 1. The fraction of sp³-hybridized carbons (Fsp3) is 0.0952. The molecule has 0 radical (unpaired) electrons. The standard InChI is InChI=1S/C21H17N3O2S/c25-20(15-26-17-9-2-1-3-10-17)24(14-16-8-6-7-13-22-16)21-23-18-11-4-5-12-19(18)27-21/h1-13H,14-15H2. The third kappa shape index (κ3) is 4.12. The zero-order valence-corrected chi connectivity index (χ0v) is 15.3. The topological polar surface area (TPSA) is 55.3 Å². The van der Waals surface area contributed by atoms with Crippen molar-refractivity contribution < 1.29 is 9.53 Å². The largest absolute Gasteiger partial charge is 0.484 e. The van der Waals surface area contributed by atoms with Crippen LogP contribution in [0.3, 0.4) is 0 Å². The molecule has 0 fully saturated rings. The second-order valence-corrected chi connectivity index (χ2v) is 6.88. The van der Waals surface area contributed by atoms with Crippen LogP contribution >= 0.6 is 11.3 Å². The minimum absolute atomic E-state index is 0.0627. The average Bonchev–Trinajstić information content (AvgIpc) is 3.15. The van der Waals surface area contributed by atoms with Gasteiger partial charge in [0, 0.05) is 6.20 Å². The number of fused-ring (bicyclic) bond motifs is 1. The van der Waals surface area contributed by atoms with Crippen molar-refractivity contribution in [3.05, 3.63) is 84.7 Å². The highest BCUT2D eigenvalue weighted by atomic mass is 32.1. The molecule has 2 aromatic heterocycles. The number of thiazole rings is 1. The van der Waals surface area contributed by atoms with Crippen LogP contribution in [-0.4, -0.2) is 22.5 Å². The van der Waals surface area contributed by atoms with E-state index < -0.39 is 0 Å². The predicted octanol–water partition coefficient (Wildman–Crippen LogP) is 4.30. The van der Waals surface area contributed by atoms with Crippen molar-refractivity contribution >= 4 is 32.6 Å². The van der Waals surface area contributed by atoms with Crippen molar-refractivity contribution in [3.8, 4) is 5.75 Å². The van der Waals surface area contributed by atoms with Gasteiger partial charge in [0.15, 0.2) is 11.7 Å². The van der Waals surface area contributed by atoms with E-state index in [1.165, 1.54) is 11.3 Å². The van der Waals surface area contributed by atoms with Crippen molar-refractivity contribution in [3.63, 3.8) is 0 Å². The van der Waals surface area contributed by atoms with Crippen molar-refractivity contribution in [2.75, 3.05) is 11.5 Å². The van der Waals surface area contributed by atoms with Gasteiger partial charge in [-0.1, -0.05) is 47.7 Å². The van der Waals surface area contributed by atoms with Gasteiger partial charge in [-0.25, -0.2) is 4.98 Å². The highest BCUT2D eigenvalue weighted by Gasteiger charge is 2.21. The van der Waals surface area contributed by atoms with E-state index in [9.17, 15) is 4.79 Å². The molecule has 2 aromatic carbocycles. The Kier molecular flexibility index (Phi) is 5.07. The van der Waals surface area contributed by atoms with Crippen LogP contribution in [0.2, 0.25) is 0 Å². The highest BCUT2D eigenvalue weighted by molar-refractivity contribution is 7.22. The maximum atomic E-state index is 12.9. The Morgan fingerprint density at radius 2 is 1.74 bits per heavy atom. The summed E-state index contributed by atoms with van der Waals surface area (Å²) in [6.45, 7) is 0.282. The van der Waals surface area contributed by atoms with Crippen molar-refractivity contribution in [1.29, 1.82) is 0 Å². The number of para-hydroxylation sites is 2. The van der Waals surface area contributed by atoms with Crippen LogP contribution in [0.4, 0.5) is 5.13 Å². The van der Waals surface area contributed by atoms with Gasteiger partial charge in [0.05, 0.1) is 22.5 Å². The number of nitrogens with zero attached hydrogens (tertiary/aromatic N) is 3. The maximum Gasteiger partial charge on any atom is 0.267 e. The number of aromatic nitrogens is 2. The molecule has 0 bridgehead atoms. The summed E-state index contributed by atoms with van der Waals surface area (Å²) in [6.07, 6.45) is 1.72. The van der Waals surface area contributed by atoms with Gasteiger partial charge in [0.1, 0.15) is 5.75 Å². The molecule has 6 heteroatoms. The minimum atomic E-state index is -0.163. The number of pyridine rings is 1. The van der Waals surface area contributed by atoms with Crippen LogP contribution in [-0.2, 0) is 11.3 Å². The number of amides is 1. The predicted molar refractivity (Wildman–Crippen MR) is 107 cm³/mol. The molecular formula is C21H17N3O2S. The van der Waals surface area contributed by atoms with E-state index in [1.54, 1.807) is 11.1 Å². The molecule has 0 atom stereocenters. The molecular weight excluding hydrogens is 358 g/mol. The fourth-order valence-corrected chi connectivity index (χ4v) is 3.61. The van der Waals surface area contributed by atoms with Gasteiger partial charge in [-0.15, -0.1) is 0 Å². The molecule has 4 aromatic rings. The van der Waals surface area contributed by atoms with E-state index in [0.717, 1.165) is 15.9 Å². The van der Waals surface area contributed by atoms with E-state index in [0.29, 0.717) is 17.4 Å². The second kappa shape index (κ2) is 7.97. The lowest BCUT2D eigenvalue weighted by Crippen LogP contribution is -2.34. The van der Waals surface area contributed by atoms with E-state index >= 15 is 0 Å². The average molecular weight is 375 g/mol. The van der Waals surface area contributed by atoms with E-state index in [2.05, 4.69) is 9.97 Å². The summed E-state index contributed by atoms with van der Waals surface area (Å²) in [5.41, 5.74) is 1.67. The minimum Gasteiger partial charge on any atom is -0.484 e. The molecule has 4 rings (SSSR count). The van der Waals surface area contributed by atoms with Crippen LogP contribution in [0.15, 0.2) is 79.0 Å². The second-order valence-electron chi connectivity index (χ2n) is 5.87. The number of carbonyl (C=O) groups excluding carboxylic acids is 1. The molecule has 0 saturated heterocycles. The molecule has 5 nitrogen and oxygen atoms in total. The third-order valence-electron chi connectivity index (χ3n) is 3.97. The summed E-state index contributed by atoms with van der Waals surface area (Å²) < 4.78 is 6.68. The first-order valence-corrected chi connectivity index (χ1v) is 9.35. The van der Waals surface area contributed by atoms with Gasteiger partial charge in [-0.3, -0.25) is 14.7 Å². The van der Waals surface area contributed by atoms with Gasteiger partial charge in [-0.2, -0.15) is 0 Å². The third-order valence-corrected chi connectivity index (χ3v) is 5.03. The number of hydrogen-bond acceptors (Lipinski definition) is 5.